The Morgan fingerprint density at radius 2 is 2.06 bits per heavy atom. The van der Waals surface area contributed by atoms with E-state index in [4.69, 9.17) is 0 Å². The van der Waals surface area contributed by atoms with Crippen LogP contribution in [-0.2, 0) is 0 Å². The van der Waals surface area contributed by atoms with Crippen LogP contribution >= 0.6 is 0 Å². The molecule has 0 spiro atoms. The minimum Gasteiger partial charge on any atom is -0.385 e. The molecule has 92 valence electrons. The zero-order chi connectivity index (χ0) is 12.6. The van der Waals surface area contributed by atoms with Gasteiger partial charge in [0.05, 0.1) is 5.60 Å². The summed E-state index contributed by atoms with van der Waals surface area (Å²) in [7, 11) is 0. The maximum absolute atomic E-state index is 10.9. The van der Waals surface area contributed by atoms with Crippen LogP contribution in [0.4, 0.5) is 0 Å². The van der Waals surface area contributed by atoms with Crippen molar-refractivity contribution < 1.29 is 5.11 Å². The fraction of sp³-hybridized carbons (Fsp3) is 0.733. The molecule has 0 aromatic rings. The summed E-state index contributed by atoms with van der Waals surface area (Å²) in [6, 6.07) is 0. The lowest BCUT2D eigenvalue weighted by Crippen LogP contribution is -2.51. The summed E-state index contributed by atoms with van der Waals surface area (Å²) in [5, 5.41) is 10.9. The summed E-state index contributed by atoms with van der Waals surface area (Å²) in [5.41, 5.74) is -0.119. The van der Waals surface area contributed by atoms with Crippen LogP contribution in [-0.4, -0.2) is 10.7 Å². The molecule has 0 aromatic carbocycles. The van der Waals surface area contributed by atoms with Crippen LogP contribution in [0.3, 0.4) is 0 Å². The summed E-state index contributed by atoms with van der Waals surface area (Å²) in [5.74, 6) is 1.22. The van der Waals surface area contributed by atoms with Crippen molar-refractivity contribution in [1.82, 2.24) is 0 Å². The van der Waals surface area contributed by atoms with E-state index >= 15 is 0 Å². The SMILES string of the molecule is C=CC1(C)CCC(C(C)C)CC1(O)C(=C)C. The van der Waals surface area contributed by atoms with Crippen LogP contribution in [0.1, 0.15) is 47.0 Å². The smallest absolute Gasteiger partial charge is 0.0941 e. The monoisotopic (exact) mass is 222 g/mol. The van der Waals surface area contributed by atoms with Gasteiger partial charge >= 0.3 is 0 Å². The van der Waals surface area contributed by atoms with E-state index < -0.39 is 5.60 Å². The molecular weight excluding hydrogens is 196 g/mol. The average molecular weight is 222 g/mol. The lowest BCUT2D eigenvalue weighted by Gasteiger charge is -2.51. The van der Waals surface area contributed by atoms with E-state index in [1.807, 2.05) is 13.0 Å². The first-order valence-electron chi connectivity index (χ1n) is 6.29. The molecule has 1 rings (SSSR count). The Morgan fingerprint density at radius 1 is 1.50 bits per heavy atom. The second-order valence-corrected chi connectivity index (χ2v) is 6.01. The van der Waals surface area contributed by atoms with E-state index in [-0.39, 0.29) is 5.41 Å². The van der Waals surface area contributed by atoms with Gasteiger partial charge in [0.15, 0.2) is 0 Å². The van der Waals surface area contributed by atoms with Crippen molar-refractivity contribution in [3.63, 3.8) is 0 Å². The van der Waals surface area contributed by atoms with Crippen molar-refractivity contribution in [2.45, 2.75) is 52.6 Å². The Balaban J connectivity index is 3.04. The minimum atomic E-state index is -0.776. The quantitative estimate of drug-likeness (QED) is 0.717. The van der Waals surface area contributed by atoms with Crippen LogP contribution in [0.25, 0.3) is 0 Å². The predicted octanol–water partition coefficient (Wildman–Crippen LogP) is 3.94. The molecule has 1 N–H and O–H groups in total. The molecule has 1 aliphatic carbocycles. The van der Waals surface area contributed by atoms with E-state index in [0.717, 1.165) is 18.4 Å². The fourth-order valence-corrected chi connectivity index (χ4v) is 2.91. The lowest BCUT2D eigenvalue weighted by molar-refractivity contribution is -0.0739. The number of aliphatic hydroxyl groups is 1. The van der Waals surface area contributed by atoms with Gasteiger partial charge in [0, 0.05) is 5.41 Å². The molecule has 0 aromatic heterocycles. The van der Waals surface area contributed by atoms with Crippen LogP contribution in [0, 0.1) is 17.3 Å². The molecule has 3 atom stereocenters. The predicted molar refractivity (Wildman–Crippen MR) is 70.2 cm³/mol. The zero-order valence-corrected chi connectivity index (χ0v) is 11.2. The molecule has 1 fully saturated rings. The zero-order valence-electron chi connectivity index (χ0n) is 11.2. The van der Waals surface area contributed by atoms with Gasteiger partial charge in [0.25, 0.3) is 0 Å². The molecule has 1 nitrogen and oxygen atoms in total. The molecule has 0 aliphatic heterocycles. The Labute approximate surface area is 100 Å². The van der Waals surface area contributed by atoms with Gasteiger partial charge in [-0.25, -0.2) is 0 Å². The Morgan fingerprint density at radius 3 is 2.44 bits per heavy atom. The van der Waals surface area contributed by atoms with E-state index in [1.165, 1.54) is 6.42 Å². The minimum absolute atomic E-state index is 0.218. The third kappa shape index (κ3) is 1.98. The van der Waals surface area contributed by atoms with E-state index in [2.05, 4.69) is 33.9 Å². The molecule has 16 heavy (non-hydrogen) atoms. The Bertz CT molecular complexity index is 292. The number of hydrogen-bond acceptors (Lipinski definition) is 1. The van der Waals surface area contributed by atoms with E-state index in [9.17, 15) is 5.11 Å². The van der Waals surface area contributed by atoms with Crippen LogP contribution in [0.15, 0.2) is 24.8 Å². The van der Waals surface area contributed by atoms with Gasteiger partial charge in [0.1, 0.15) is 0 Å². The van der Waals surface area contributed by atoms with Gasteiger partial charge < -0.3 is 5.11 Å². The molecule has 3 unspecified atom stereocenters. The van der Waals surface area contributed by atoms with Crippen molar-refractivity contribution in [2.75, 3.05) is 0 Å². The third-order valence-corrected chi connectivity index (χ3v) is 4.64. The summed E-state index contributed by atoms with van der Waals surface area (Å²) in [4.78, 5) is 0. The molecular formula is C15H26O. The summed E-state index contributed by atoms with van der Waals surface area (Å²) in [6.45, 7) is 16.4. The summed E-state index contributed by atoms with van der Waals surface area (Å²) in [6.07, 6.45) is 4.92. The first-order valence-corrected chi connectivity index (χ1v) is 6.29. The summed E-state index contributed by atoms with van der Waals surface area (Å²) < 4.78 is 0. The maximum Gasteiger partial charge on any atom is 0.0941 e. The van der Waals surface area contributed by atoms with Gasteiger partial charge in [-0.1, -0.05) is 33.4 Å². The van der Waals surface area contributed by atoms with Crippen molar-refractivity contribution in [1.29, 1.82) is 0 Å². The Kier molecular flexibility index (Phi) is 3.69. The maximum atomic E-state index is 10.9. The highest BCUT2D eigenvalue weighted by atomic mass is 16.3. The second-order valence-electron chi connectivity index (χ2n) is 6.01. The highest BCUT2D eigenvalue weighted by molar-refractivity contribution is 5.23. The molecule has 1 aliphatic rings. The van der Waals surface area contributed by atoms with Crippen LogP contribution < -0.4 is 0 Å². The van der Waals surface area contributed by atoms with Crippen molar-refractivity contribution in [3.05, 3.63) is 24.8 Å². The van der Waals surface area contributed by atoms with Gasteiger partial charge in [-0.3, -0.25) is 0 Å². The van der Waals surface area contributed by atoms with E-state index in [1.54, 1.807) is 0 Å². The van der Waals surface area contributed by atoms with Gasteiger partial charge in [0.2, 0.25) is 0 Å². The first-order chi connectivity index (χ1) is 7.27. The molecule has 0 amide bonds. The van der Waals surface area contributed by atoms with Gasteiger partial charge in [-0.05, 0) is 43.6 Å². The third-order valence-electron chi connectivity index (χ3n) is 4.64. The molecule has 0 bridgehead atoms. The lowest BCUT2D eigenvalue weighted by atomic mass is 9.57. The molecule has 0 radical (unpaired) electrons. The molecule has 0 saturated heterocycles. The molecule has 1 heteroatoms. The number of hydrogen-bond donors (Lipinski definition) is 1. The second kappa shape index (κ2) is 4.37. The topological polar surface area (TPSA) is 20.2 Å². The highest BCUT2D eigenvalue weighted by Crippen LogP contribution is 2.51. The van der Waals surface area contributed by atoms with Crippen molar-refractivity contribution >= 4 is 0 Å². The number of rotatable bonds is 3. The van der Waals surface area contributed by atoms with Crippen LogP contribution in [0.5, 0.6) is 0 Å². The Hall–Kier alpha value is -0.560. The first kappa shape index (κ1) is 13.5. The van der Waals surface area contributed by atoms with Gasteiger partial charge in [-0.2, -0.15) is 0 Å². The van der Waals surface area contributed by atoms with Crippen LogP contribution in [0.2, 0.25) is 0 Å². The van der Waals surface area contributed by atoms with E-state index in [0.29, 0.717) is 11.8 Å². The largest absolute Gasteiger partial charge is 0.385 e. The van der Waals surface area contributed by atoms with Crippen molar-refractivity contribution in [3.8, 4) is 0 Å². The molecule has 1 saturated carbocycles. The average Bonchev–Trinajstić information content (AvgIpc) is 2.21. The highest BCUT2D eigenvalue weighted by Gasteiger charge is 2.50. The van der Waals surface area contributed by atoms with Gasteiger partial charge in [-0.15, -0.1) is 6.58 Å². The van der Waals surface area contributed by atoms with Crippen molar-refractivity contribution in [2.24, 2.45) is 17.3 Å². The molecule has 0 heterocycles. The summed E-state index contributed by atoms with van der Waals surface area (Å²) >= 11 is 0. The standard InChI is InChI=1S/C15H26O/c1-7-14(6)9-8-13(11(2)3)10-15(14,16)12(4)5/h7,11,13,16H,1,4,8-10H2,2-3,5-6H3. The normalized spacial score (nSPS) is 39.8. The fourth-order valence-electron chi connectivity index (χ4n) is 2.91.